The summed E-state index contributed by atoms with van der Waals surface area (Å²) in [7, 11) is 0. The number of hydrogen-bond donors (Lipinski definition) is 3. The van der Waals surface area contributed by atoms with E-state index in [1.807, 2.05) is 30.3 Å². The third-order valence-electron chi connectivity index (χ3n) is 6.63. The van der Waals surface area contributed by atoms with Gasteiger partial charge in [0, 0.05) is 29.9 Å². The van der Waals surface area contributed by atoms with E-state index in [0.717, 1.165) is 17.3 Å². The summed E-state index contributed by atoms with van der Waals surface area (Å²) in [6.45, 7) is 1.15. The summed E-state index contributed by atoms with van der Waals surface area (Å²) < 4.78 is 0. The summed E-state index contributed by atoms with van der Waals surface area (Å²) in [6.07, 6.45) is 2.56. The van der Waals surface area contributed by atoms with Crippen molar-refractivity contribution in [2.45, 2.75) is 31.3 Å². The molecule has 1 aromatic heterocycles. The second kappa shape index (κ2) is 7.27. The molecule has 156 valence electrons. The van der Waals surface area contributed by atoms with Crippen LogP contribution in [0.4, 0.5) is 0 Å². The molecule has 0 bridgehead atoms. The van der Waals surface area contributed by atoms with Gasteiger partial charge < -0.3 is 25.3 Å². The highest BCUT2D eigenvalue weighted by atomic mass is 16.2. The number of nitrogens with one attached hydrogen (secondary N) is 3. The molecule has 3 amide bonds. The number of carbonyl (C=O) groups excluding carboxylic acids is 4. The van der Waals surface area contributed by atoms with Gasteiger partial charge in [-0.3, -0.25) is 14.4 Å². The summed E-state index contributed by atoms with van der Waals surface area (Å²) in [5.74, 6) is -0.363. The van der Waals surface area contributed by atoms with Gasteiger partial charge in [-0.05, 0) is 43.2 Å². The van der Waals surface area contributed by atoms with E-state index in [9.17, 15) is 19.2 Å². The molecule has 30 heavy (non-hydrogen) atoms. The van der Waals surface area contributed by atoms with Crippen LogP contribution in [0.5, 0.6) is 0 Å². The molecule has 0 radical (unpaired) electrons. The Kier molecular flexibility index (Phi) is 4.56. The van der Waals surface area contributed by atoms with Crippen LogP contribution in [0.25, 0.3) is 10.9 Å². The molecular formula is C22H24N4O4. The molecule has 3 aliphatic rings. The molecule has 1 aliphatic carbocycles. The first-order valence-electron chi connectivity index (χ1n) is 10.5. The van der Waals surface area contributed by atoms with Gasteiger partial charge in [-0.2, -0.15) is 0 Å². The number of fused-ring (bicyclic) bond motifs is 2. The molecule has 1 saturated carbocycles. The molecular weight excluding hydrogens is 384 g/mol. The lowest BCUT2D eigenvalue weighted by molar-refractivity contribution is -0.129. The average Bonchev–Trinajstić information content (AvgIpc) is 3.09. The molecule has 2 saturated heterocycles. The second-order valence-electron chi connectivity index (χ2n) is 8.60. The Morgan fingerprint density at radius 1 is 1.30 bits per heavy atom. The molecule has 5 rings (SSSR count). The van der Waals surface area contributed by atoms with Crippen LogP contribution < -0.4 is 10.6 Å². The van der Waals surface area contributed by atoms with Crippen molar-refractivity contribution in [1.29, 1.82) is 0 Å². The maximum Gasteiger partial charge on any atom is 0.271 e. The molecule has 0 unspecified atom stereocenters. The Labute approximate surface area is 173 Å². The van der Waals surface area contributed by atoms with Crippen LogP contribution in [0.2, 0.25) is 0 Å². The van der Waals surface area contributed by atoms with Crippen LogP contribution in [0.3, 0.4) is 0 Å². The molecule has 2 aromatic rings. The SMILES string of the molecule is O=C[C@H](C[C@@H]1CCNC1=O)NC(=O)[C@@H]1[C@H]2C[C@H]2CN1C(=O)c1cc2ccccc2[nH]1. The van der Waals surface area contributed by atoms with E-state index < -0.39 is 12.1 Å². The third kappa shape index (κ3) is 3.26. The Bertz CT molecular complexity index is 998. The minimum atomic E-state index is -0.728. The van der Waals surface area contributed by atoms with Gasteiger partial charge in [-0.15, -0.1) is 0 Å². The quantitative estimate of drug-likeness (QED) is 0.615. The van der Waals surface area contributed by atoms with Gasteiger partial charge in [0.05, 0.1) is 6.04 Å². The molecule has 8 nitrogen and oxygen atoms in total. The summed E-state index contributed by atoms with van der Waals surface area (Å²) in [5, 5.41) is 6.48. The number of hydrogen-bond acceptors (Lipinski definition) is 4. The molecule has 3 N–H and O–H groups in total. The first-order chi connectivity index (χ1) is 14.5. The van der Waals surface area contributed by atoms with Gasteiger partial charge in [0.25, 0.3) is 5.91 Å². The number of para-hydroxylation sites is 1. The molecule has 8 heteroatoms. The van der Waals surface area contributed by atoms with E-state index in [4.69, 9.17) is 0 Å². The summed E-state index contributed by atoms with van der Waals surface area (Å²) in [4.78, 5) is 54.3. The first-order valence-corrected chi connectivity index (χ1v) is 10.5. The molecule has 5 atom stereocenters. The first kappa shape index (κ1) is 18.8. The van der Waals surface area contributed by atoms with E-state index in [0.29, 0.717) is 37.4 Å². The lowest BCUT2D eigenvalue weighted by Crippen LogP contribution is -2.51. The molecule has 0 spiro atoms. The summed E-state index contributed by atoms with van der Waals surface area (Å²) in [5.41, 5.74) is 1.34. The second-order valence-corrected chi connectivity index (χ2v) is 8.60. The number of likely N-dealkylation sites (tertiary alicyclic amines) is 1. The lowest BCUT2D eigenvalue weighted by Gasteiger charge is -2.27. The van der Waals surface area contributed by atoms with Crippen LogP contribution in [0.1, 0.15) is 29.8 Å². The van der Waals surface area contributed by atoms with Crippen LogP contribution in [-0.4, -0.2) is 59.1 Å². The number of carbonyl (C=O) groups is 4. The highest BCUT2D eigenvalue weighted by Gasteiger charge is 2.57. The maximum absolute atomic E-state index is 13.2. The summed E-state index contributed by atoms with van der Waals surface area (Å²) >= 11 is 0. The number of aldehydes is 1. The van der Waals surface area contributed by atoms with Crippen LogP contribution in [0.15, 0.2) is 30.3 Å². The van der Waals surface area contributed by atoms with Crippen molar-refractivity contribution in [1.82, 2.24) is 20.5 Å². The maximum atomic E-state index is 13.2. The number of H-pyrrole nitrogens is 1. The minimum Gasteiger partial charge on any atom is -0.356 e. The van der Waals surface area contributed by atoms with Crippen molar-refractivity contribution < 1.29 is 19.2 Å². The van der Waals surface area contributed by atoms with Crippen molar-refractivity contribution in [3.63, 3.8) is 0 Å². The fourth-order valence-electron chi connectivity index (χ4n) is 4.95. The van der Waals surface area contributed by atoms with E-state index in [1.165, 1.54) is 0 Å². The third-order valence-corrected chi connectivity index (χ3v) is 6.63. The van der Waals surface area contributed by atoms with Crippen LogP contribution in [0, 0.1) is 17.8 Å². The number of piperidine rings is 1. The Hall–Kier alpha value is -3.16. The zero-order chi connectivity index (χ0) is 20.8. The zero-order valence-electron chi connectivity index (χ0n) is 16.5. The van der Waals surface area contributed by atoms with E-state index in [2.05, 4.69) is 15.6 Å². The number of aromatic amines is 1. The molecule has 3 fully saturated rings. The van der Waals surface area contributed by atoms with Gasteiger partial charge in [-0.1, -0.05) is 18.2 Å². The number of rotatable bonds is 6. The average molecular weight is 408 g/mol. The number of nitrogens with zero attached hydrogens (tertiary/aromatic N) is 1. The fraction of sp³-hybridized carbons (Fsp3) is 0.455. The van der Waals surface area contributed by atoms with Crippen molar-refractivity contribution in [2.75, 3.05) is 13.1 Å². The highest BCUT2D eigenvalue weighted by Crippen LogP contribution is 2.50. The lowest BCUT2D eigenvalue weighted by atomic mass is 9.98. The van der Waals surface area contributed by atoms with Crippen molar-refractivity contribution >= 4 is 34.9 Å². The highest BCUT2D eigenvalue weighted by molar-refractivity contribution is 6.01. The topological polar surface area (TPSA) is 111 Å². The van der Waals surface area contributed by atoms with Gasteiger partial charge in [0.2, 0.25) is 11.8 Å². The van der Waals surface area contributed by atoms with Crippen molar-refractivity contribution in [2.24, 2.45) is 17.8 Å². The van der Waals surface area contributed by atoms with Crippen molar-refractivity contribution in [3.8, 4) is 0 Å². The predicted molar refractivity (Wildman–Crippen MR) is 108 cm³/mol. The normalized spacial score (nSPS) is 28.1. The largest absolute Gasteiger partial charge is 0.356 e. The number of amides is 3. The Balaban J connectivity index is 1.30. The van der Waals surface area contributed by atoms with E-state index in [-0.39, 0.29) is 36.0 Å². The number of benzene rings is 1. The zero-order valence-corrected chi connectivity index (χ0v) is 16.5. The summed E-state index contributed by atoms with van der Waals surface area (Å²) in [6, 6.07) is 8.16. The van der Waals surface area contributed by atoms with E-state index in [1.54, 1.807) is 4.90 Å². The predicted octanol–water partition coefficient (Wildman–Crippen LogP) is 0.838. The van der Waals surface area contributed by atoms with Gasteiger partial charge in [-0.25, -0.2) is 0 Å². The fourth-order valence-corrected chi connectivity index (χ4v) is 4.95. The number of aromatic nitrogens is 1. The van der Waals surface area contributed by atoms with E-state index >= 15 is 0 Å². The van der Waals surface area contributed by atoms with Crippen molar-refractivity contribution in [3.05, 3.63) is 36.0 Å². The Morgan fingerprint density at radius 2 is 2.13 bits per heavy atom. The molecule has 3 heterocycles. The Morgan fingerprint density at radius 3 is 2.87 bits per heavy atom. The van der Waals surface area contributed by atoms with Gasteiger partial charge >= 0.3 is 0 Å². The smallest absolute Gasteiger partial charge is 0.271 e. The standard InChI is InChI=1S/C22H24N4O4/c27-11-15(7-13-5-6-23-20(13)28)24-21(29)19-16-8-14(16)10-26(19)22(30)18-9-12-3-1-2-4-17(12)25-18/h1-4,9,11,13-16,19,25H,5-8,10H2,(H,23,28)(H,24,29)/t13-,14-,15-,16-,19-/m0/s1. The molecule has 2 aliphatic heterocycles. The van der Waals surface area contributed by atoms with Gasteiger partial charge in [0.1, 0.15) is 18.0 Å². The molecule has 1 aromatic carbocycles. The minimum absolute atomic E-state index is 0.0742. The van der Waals surface area contributed by atoms with Crippen LogP contribution >= 0.6 is 0 Å². The monoisotopic (exact) mass is 408 g/mol. The van der Waals surface area contributed by atoms with Crippen LogP contribution in [-0.2, 0) is 14.4 Å². The van der Waals surface area contributed by atoms with Gasteiger partial charge in [0.15, 0.2) is 0 Å².